The number of fused-ring (bicyclic) bond motifs is 6. The highest BCUT2D eigenvalue weighted by Crippen LogP contribution is 2.65. The van der Waals surface area contributed by atoms with Crippen LogP contribution in [0.2, 0.25) is 0 Å². The number of nitrogens with zero attached hydrogens (tertiary/aromatic N) is 1. The lowest BCUT2D eigenvalue weighted by molar-refractivity contribution is -0.163. The zero-order valence-electron chi connectivity index (χ0n) is 28.5. The van der Waals surface area contributed by atoms with Crippen LogP contribution >= 0.6 is 11.3 Å². The molecule has 0 unspecified atom stereocenters. The second-order valence-corrected chi connectivity index (χ2v) is 20.3. The number of hydrogen-bond donors (Lipinski definition) is 2. The molecule has 0 aromatic carbocycles. The molecule has 1 aliphatic heterocycles. The van der Waals surface area contributed by atoms with E-state index in [2.05, 4.69) is 22.7 Å². The van der Waals surface area contributed by atoms with E-state index in [1.165, 1.54) is 17.2 Å². The van der Waals surface area contributed by atoms with E-state index in [0.717, 1.165) is 25.5 Å². The largest absolute Gasteiger partial charge is 0.458 e. The summed E-state index contributed by atoms with van der Waals surface area (Å²) in [6.07, 6.45) is 9.64. The van der Waals surface area contributed by atoms with Gasteiger partial charge < -0.3 is 15.2 Å². The fourth-order valence-electron chi connectivity index (χ4n) is 9.22. The van der Waals surface area contributed by atoms with Gasteiger partial charge in [-0.15, -0.1) is 11.3 Å². The Morgan fingerprint density at radius 3 is 2.69 bits per heavy atom. The van der Waals surface area contributed by atoms with Crippen molar-refractivity contribution in [1.29, 1.82) is 0 Å². The van der Waals surface area contributed by atoms with Crippen molar-refractivity contribution in [2.45, 2.75) is 117 Å². The van der Waals surface area contributed by atoms with Gasteiger partial charge >= 0.3 is 5.97 Å². The zero-order valence-corrected chi connectivity index (χ0v) is 30.9. The van der Waals surface area contributed by atoms with Gasteiger partial charge in [-0.2, -0.15) is 12.8 Å². The monoisotopic (exact) mass is 734 g/mol. The van der Waals surface area contributed by atoms with Crippen LogP contribution < -0.4 is 5.32 Å². The second-order valence-electron chi connectivity index (χ2n) is 14.8. The number of thiophene rings is 1. The number of carbonyl (C=O) groups excluding carboxylic acids is 3. The van der Waals surface area contributed by atoms with Gasteiger partial charge in [-0.05, 0) is 88.8 Å². The smallest absolute Gasteiger partial charge is 0.306 e. The summed E-state index contributed by atoms with van der Waals surface area (Å²) >= 11 is 0.687. The molecule has 2 N–H and O–H groups in total. The van der Waals surface area contributed by atoms with E-state index >= 15 is 0 Å². The number of sulfonamides is 1. The number of allylic oxidation sites excluding steroid dienone is 4. The molecule has 0 amide bonds. The van der Waals surface area contributed by atoms with Crippen molar-refractivity contribution in [1.82, 2.24) is 5.32 Å². The van der Waals surface area contributed by atoms with Crippen molar-refractivity contribution in [3.8, 4) is 0 Å². The third-order valence-electron chi connectivity index (χ3n) is 12.1. The van der Waals surface area contributed by atoms with Crippen molar-refractivity contribution >= 4 is 54.9 Å². The molecule has 11 nitrogen and oxygen atoms in total. The number of hydrogen-bond acceptors (Lipinski definition) is 11. The maximum atomic E-state index is 13.5. The van der Waals surface area contributed by atoms with Gasteiger partial charge in [0.05, 0.1) is 11.7 Å². The normalized spacial score (nSPS) is 35.1. The molecule has 0 bridgehead atoms. The maximum Gasteiger partial charge on any atom is 0.306 e. The highest BCUT2D eigenvalue weighted by atomic mass is 32.3. The minimum Gasteiger partial charge on any atom is -0.458 e. The minimum atomic E-state index is -4.21. The highest BCUT2D eigenvalue weighted by molar-refractivity contribution is 7.96. The Labute approximate surface area is 292 Å². The lowest BCUT2D eigenvalue weighted by atomic mass is 9.50. The summed E-state index contributed by atoms with van der Waals surface area (Å²) in [7, 11) is -7.86. The number of ketones is 2. The van der Waals surface area contributed by atoms with Crippen molar-refractivity contribution in [3.05, 3.63) is 34.9 Å². The van der Waals surface area contributed by atoms with Crippen molar-refractivity contribution in [2.24, 2.45) is 27.1 Å². The molecule has 1 aromatic rings. The van der Waals surface area contributed by atoms with Gasteiger partial charge in [0.1, 0.15) is 14.0 Å². The second kappa shape index (κ2) is 12.9. The molecular weight excluding hydrogens is 689 g/mol. The molecule has 2 saturated carbocycles. The summed E-state index contributed by atoms with van der Waals surface area (Å²) in [4.78, 5) is 38.2. The van der Waals surface area contributed by atoms with E-state index in [0.29, 0.717) is 49.1 Å². The molecule has 14 heteroatoms. The van der Waals surface area contributed by atoms with Gasteiger partial charge in [0.25, 0.3) is 10.0 Å². The standard InChI is InChI=1S/C35H46N2O9S3/c1-5-36-28-17-21(2)48(42,43)32-25(28)19-31(47-32)49(44,45)37-16-6-7-30(40)46-20-29(39)35(41)15-12-27-24-9-8-22-18-23(38)10-13-33(22,3)26(24)11-14-34(27,35)4/h11,16,18-19,21,24,27-28,36,41H,5-10,12-15,17,20H2,1-4H3/b37-16+/t21-,24+,27-,28-,33-,34-,35-/m0/s1. The summed E-state index contributed by atoms with van der Waals surface area (Å²) in [5.41, 5.74) is 0.454. The number of esters is 1. The van der Waals surface area contributed by atoms with Gasteiger partial charge in [0.15, 0.2) is 22.2 Å². The van der Waals surface area contributed by atoms with E-state index in [9.17, 15) is 36.3 Å². The van der Waals surface area contributed by atoms with Gasteiger partial charge in [0.2, 0.25) is 5.78 Å². The number of carbonyl (C=O) groups is 3. The van der Waals surface area contributed by atoms with Crippen LogP contribution in [-0.2, 0) is 39.0 Å². The van der Waals surface area contributed by atoms with Gasteiger partial charge in [-0.1, -0.05) is 38.0 Å². The summed E-state index contributed by atoms with van der Waals surface area (Å²) in [5, 5.41) is 14.4. The molecule has 0 spiro atoms. The molecule has 4 aliphatic carbocycles. The Kier molecular flexibility index (Phi) is 9.56. The molecule has 2 heterocycles. The average Bonchev–Trinajstić information content (AvgIpc) is 3.63. The van der Waals surface area contributed by atoms with Crippen LogP contribution in [0.15, 0.2) is 42.2 Å². The Morgan fingerprint density at radius 1 is 1.20 bits per heavy atom. The van der Waals surface area contributed by atoms with E-state index in [-0.39, 0.29) is 56.8 Å². The number of Topliss-reactive ketones (excluding diaryl/α,β-unsaturated/α-hetero) is 1. The Hall–Kier alpha value is -2.52. The fourth-order valence-corrected chi connectivity index (χ4v) is 14.1. The lowest BCUT2D eigenvalue weighted by Crippen LogP contribution is -2.55. The third kappa shape index (κ3) is 6.02. The van der Waals surface area contributed by atoms with Crippen LogP contribution in [0.4, 0.5) is 0 Å². The van der Waals surface area contributed by atoms with E-state index < -0.39 is 54.5 Å². The van der Waals surface area contributed by atoms with Crippen molar-refractivity contribution in [2.75, 3.05) is 13.2 Å². The molecule has 0 saturated heterocycles. The molecule has 268 valence electrons. The number of sulfone groups is 1. The first-order valence-corrected chi connectivity index (χ1v) is 21.0. The number of rotatable bonds is 10. The predicted octanol–water partition coefficient (Wildman–Crippen LogP) is 4.80. The molecule has 1 aromatic heterocycles. The van der Waals surface area contributed by atoms with Gasteiger partial charge in [-0.3, -0.25) is 14.4 Å². The van der Waals surface area contributed by atoms with E-state index in [4.69, 9.17) is 4.74 Å². The van der Waals surface area contributed by atoms with E-state index in [1.54, 1.807) is 6.92 Å². The van der Waals surface area contributed by atoms with Gasteiger partial charge in [0, 0.05) is 35.1 Å². The topological polar surface area (TPSA) is 173 Å². The van der Waals surface area contributed by atoms with Crippen LogP contribution in [0, 0.1) is 22.7 Å². The Bertz CT molecular complexity index is 1880. The van der Waals surface area contributed by atoms with Crippen molar-refractivity contribution < 1.29 is 41.1 Å². The third-order valence-corrected chi connectivity index (χ3v) is 17.8. The summed E-state index contributed by atoms with van der Waals surface area (Å²) in [5.74, 6) is -0.762. The van der Waals surface area contributed by atoms with Crippen LogP contribution in [-0.4, -0.2) is 69.7 Å². The molecule has 7 atom stereocenters. The molecule has 5 aliphatic rings. The molecule has 49 heavy (non-hydrogen) atoms. The van der Waals surface area contributed by atoms with Gasteiger partial charge in [-0.25, -0.2) is 8.42 Å². The van der Waals surface area contributed by atoms with Crippen LogP contribution in [0.25, 0.3) is 0 Å². The minimum absolute atomic E-state index is 0.0363. The first-order chi connectivity index (χ1) is 23.0. The average molecular weight is 735 g/mol. The number of nitrogens with one attached hydrogen (secondary N) is 1. The Morgan fingerprint density at radius 2 is 1.96 bits per heavy atom. The van der Waals surface area contributed by atoms with Crippen LogP contribution in [0.3, 0.4) is 0 Å². The maximum absolute atomic E-state index is 13.5. The quantitative estimate of drug-likeness (QED) is 0.193. The fraction of sp³-hybridized carbons (Fsp3) is 0.657. The zero-order chi connectivity index (χ0) is 35.6. The van der Waals surface area contributed by atoms with E-state index in [1.807, 2.05) is 19.9 Å². The molecule has 0 radical (unpaired) electrons. The number of aliphatic hydroxyl groups is 1. The summed E-state index contributed by atoms with van der Waals surface area (Å²) < 4.78 is 60.5. The first kappa shape index (κ1) is 36.3. The van der Waals surface area contributed by atoms with Crippen LogP contribution in [0.1, 0.15) is 104 Å². The molecule has 2 fully saturated rings. The first-order valence-electron chi connectivity index (χ1n) is 17.2. The van der Waals surface area contributed by atoms with Crippen molar-refractivity contribution in [3.63, 3.8) is 0 Å². The predicted molar refractivity (Wildman–Crippen MR) is 185 cm³/mol. The summed E-state index contributed by atoms with van der Waals surface area (Å²) in [6.45, 7) is 7.70. The molecule has 6 rings (SSSR count). The van der Waals surface area contributed by atoms with Crippen LogP contribution in [0.5, 0.6) is 0 Å². The highest BCUT2D eigenvalue weighted by Gasteiger charge is 2.64. The SMILES string of the molecule is CCN[C@H]1C[C@H](C)S(=O)(=O)c2sc(S(=O)(=O)/N=C/CCC(=O)OCC(=O)[C@@]3(O)CC[C@H]4[C@@H]5CCC6=CC(=O)CC[C@]6(C)C5=CC[C@@]43C)cc21. The number of ether oxygens (including phenoxy) is 1. The Balaban J connectivity index is 1.05. The molecular formula is C35H46N2O9S3. The lowest BCUT2D eigenvalue weighted by Gasteiger charge is -2.54. The summed E-state index contributed by atoms with van der Waals surface area (Å²) in [6, 6.07) is 1.08.